The highest BCUT2D eigenvalue weighted by Crippen LogP contribution is 2.17. The van der Waals surface area contributed by atoms with E-state index in [1.807, 2.05) is 12.2 Å². The summed E-state index contributed by atoms with van der Waals surface area (Å²) in [5, 5.41) is 0. The fourth-order valence-corrected chi connectivity index (χ4v) is 1.38. The average Bonchev–Trinajstić information content (AvgIpc) is 2.26. The minimum atomic E-state index is 1.06. The molecule has 1 rings (SSSR count). The van der Waals surface area contributed by atoms with Crippen LogP contribution in [0.3, 0.4) is 0 Å². The van der Waals surface area contributed by atoms with E-state index < -0.39 is 0 Å². The smallest absolute Gasteiger partial charge is 0.0182 e. The molecule has 14 heavy (non-hydrogen) atoms. The Morgan fingerprint density at radius 1 is 1.36 bits per heavy atom. The minimum absolute atomic E-state index is 1.06. The summed E-state index contributed by atoms with van der Waals surface area (Å²) in [6.45, 7) is 9.64. The van der Waals surface area contributed by atoms with Crippen LogP contribution in [-0.4, -0.2) is 0 Å². The lowest BCUT2D eigenvalue weighted by Crippen LogP contribution is -1.84. The van der Waals surface area contributed by atoms with Crippen molar-refractivity contribution in [1.29, 1.82) is 0 Å². The van der Waals surface area contributed by atoms with Crippen LogP contribution < -0.4 is 0 Å². The topological polar surface area (TPSA) is 0 Å². The molecule has 0 aromatic heterocycles. The van der Waals surface area contributed by atoms with Gasteiger partial charge in [-0.15, -0.1) is 0 Å². The van der Waals surface area contributed by atoms with Gasteiger partial charge in [0.15, 0.2) is 0 Å². The fraction of sp³-hybridized carbons (Fsp3) is 0.143. The van der Waals surface area contributed by atoms with Gasteiger partial charge in [-0.1, -0.05) is 62.6 Å². The first-order valence-corrected chi connectivity index (χ1v) is 4.86. The van der Waals surface area contributed by atoms with E-state index >= 15 is 0 Å². The van der Waals surface area contributed by atoms with E-state index in [2.05, 4.69) is 44.3 Å². The normalized spacial score (nSPS) is 11.1. The summed E-state index contributed by atoms with van der Waals surface area (Å²) in [5.41, 5.74) is 3.67. The zero-order valence-electron chi connectivity index (χ0n) is 8.66. The van der Waals surface area contributed by atoms with Crippen molar-refractivity contribution in [3.63, 3.8) is 0 Å². The number of hydrogen-bond acceptors (Lipinski definition) is 0. The van der Waals surface area contributed by atoms with Crippen molar-refractivity contribution >= 4 is 5.57 Å². The molecule has 0 aliphatic carbocycles. The molecule has 72 valence electrons. The first-order chi connectivity index (χ1) is 6.81. The van der Waals surface area contributed by atoms with Crippen LogP contribution in [0.5, 0.6) is 0 Å². The zero-order chi connectivity index (χ0) is 10.4. The lowest BCUT2D eigenvalue weighted by molar-refractivity contribution is 1.14. The number of allylic oxidation sites excluding steroid dienone is 4. The molecule has 0 heterocycles. The van der Waals surface area contributed by atoms with Gasteiger partial charge in [0.2, 0.25) is 0 Å². The molecule has 0 radical (unpaired) electrons. The van der Waals surface area contributed by atoms with Crippen LogP contribution in [0.1, 0.15) is 18.1 Å². The second kappa shape index (κ2) is 5.23. The predicted molar refractivity (Wildman–Crippen MR) is 64.2 cm³/mol. The zero-order valence-corrected chi connectivity index (χ0v) is 8.66. The Kier molecular flexibility index (Phi) is 3.93. The molecule has 0 unspecified atom stereocenters. The van der Waals surface area contributed by atoms with E-state index in [0.717, 1.165) is 12.0 Å². The van der Waals surface area contributed by atoms with Crippen LogP contribution >= 0.6 is 0 Å². The molecule has 0 aliphatic rings. The lowest BCUT2D eigenvalue weighted by Gasteiger charge is -2.03. The van der Waals surface area contributed by atoms with Crippen LogP contribution in [0.15, 0.2) is 55.7 Å². The Hall–Kier alpha value is -1.56. The summed E-state index contributed by atoms with van der Waals surface area (Å²) in [6.07, 6.45) is 6.68. The highest BCUT2D eigenvalue weighted by molar-refractivity contribution is 5.74. The van der Waals surface area contributed by atoms with Gasteiger partial charge in [0.1, 0.15) is 0 Å². The summed E-state index contributed by atoms with van der Waals surface area (Å²) >= 11 is 0. The van der Waals surface area contributed by atoms with Gasteiger partial charge in [0.05, 0.1) is 0 Å². The summed E-state index contributed by atoms with van der Waals surface area (Å²) in [5.74, 6) is 0. The summed E-state index contributed by atoms with van der Waals surface area (Å²) < 4.78 is 0. The molecular weight excluding hydrogens is 168 g/mol. The predicted octanol–water partition coefficient (Wildman–Crippen LogP) is 4.00. The van der Waals surface area contributed by atoms with Crippen LogP contribution in [-0.2, 0) is 6.42 Å². The van der Waals surface area contributed by atoms with Crippen molar-refractivity contribution in [2.75, 3.05) is 0 Å². The van der Waals surface area contributed by atoms with Gasteiger partial charge in [-0.3, -0.25) is 0 Å². The Balaban J connectivity index is 3.10. The second-order valence-corrected chi connectivity index (χ2v) is 3.12. The third-order valence-corrected chi connectivity index (χ3v) is 2.19. The minimum Gasteiger partial charge on any atom is -0.0990 e. The maximum Gasteiger partial charge on any atom is -0.0182 e. The Labute approximate surface area is 86.3 Å². The van der Waals surface area contributed by atoms with E-state index in [-0.39, 0.29) is 0 Å². The number of hydrogen-bond donors (Lipinski definition) is 0. The standard InChI is InChI=1S/C14H16/c1-4-8-13(6-3)14-10-7-9-12(5-2)11-14/h4,6-11H,1,3,5H2,2H3/b13-8+. The molecule has 0 aliphatic heterocycles. The summed E-state index contributed by atoms with van der Waals surface area (Å²) in [7, 11) is 0. The second-order valence-electron chi connectivity index (χ2n) is 3.12. The Morgan fingerprint density at radius 2 is 2.14 bits per heavy atom. The molecule has 0 amide bonds. The van der Waals surface area contributed by atoms with Crippen molar-refractivity contribution in [3.05, 3.63) is 66.8 Å². The first kappa shape index (κ1) is 10.5. The molecular formula is C14H16. The van der Waals surface area contributed by atoms with E-state index in [4.69, 9.17) is 0 Å². The van der Waals surface area contributed by atoms with Gasteiger partial charge in [0.25, 0.3) is 0 Å². The van der Waals surface area contributed by atoms with E-state index in [1.165, 1.54) is 11.1 Å². The molecule has 0 spiro atoms. The largest absolute Gasteiger partial charge is 0.0990 e. The van der Waals surface area contributed by atoms with Gasteiger partial charge in [-0.25, -0.2) is 0 Å². The molecule has 0 saturated carbocycles. The van der Waals surface area contributed by atoms with Crippen LogP contribution in [0.25, 0.3) is 5.57 Å². The number of rotatable bonds is 4. The average molecular weight is 184 g/mol. The highest BCUT2D eigenvalue weighted by atomic mass is 14.0. The summed E-state index contributed by atoms with van der Waals surface area (Å²) in [6, 6.07) is 8.50. The molecule has 1 aromatic carbocycles. The Morgan fingerprint density at radius 3 is 2.71 bits per heavy atom. The number of benzene rings is 1. The van der Waals surface area contributed by atoms with Gasteiger partial charge in [-0.05, 0) is 23.1 Å². The lowest BCUT2D eigenvalue weighted by atomic mass is 10.0. The maximum absolute atomic E-state index is 3.80. The van der Waals surface area contributed by atoms with Gasteiger partial charge in [-0.2, -0.15) is 0 Å². The van der Waals surface area contributed by atoms with Gasteiger partial charge >= 0.3 is 0 Å². The molecule has 0 N–H and O–H groups in total. The Bertz CT molecular complexity index is 356. The molecule has 0 nitrogen and oxygen atoms in total. The van der Waals surface area contributed by atoms with Crippen LogP contribution in [0.2, 0.25) is 0 Å². The van der Waals surface area contributed by atoms with Crippen molar-refractivity contribution in [3.8, 4) is 0 Å². The van der Waals surface area contributed by atoms with E-state index in [1.54, 1.807) is 6.08 Å². The van der Waals surface area contributed by atoms with Crippen molar-refractivity contribution in [2.24, 2.45) is 0 Å². The molecule has 1 aromatic rings. The highest BCUT2D eigenvalue weighted by Gasteiger charge is 1.96. The quantitative estimate of drug-likeness (QED) is 0.620. The first-order valence-electron chi connectivity index (χ1n) is 4.86. The third-order valence-electron chi connectivity index (χ3n) is 2.19. The molecule has 0 saturated heterocycles. The van der Waals surface area contributed by atoms with Crippen LogP contribution in [0, 0.1) is 0 Å². The molecule has 0 fully saturated rings. The van der Waals surface area contributed by atoms with Crippen molar-refractivity contribution in [1.82, 2.24) is 0 Å². The summed E-state index contributed by atoms with van der Waals surface area (Å²) in [4.78, 5) is 0. The number of aryl methyl sites for hydroxylation is 1. The van der Waals surface area contributed by atoms with E-state index in [9.17, 15) is 0 Å². The maximum atomic E-state index is 3.80. The van der Waals surface area contributed by atoms with Gasteiger partial charge < -0.3 is 0 Å². The van der Waals surface area contributed by atoms with E-state index in [0.29, 0.717) is 0 Å². The van der Waals surface area contributed by atoms with Crippen molar-refractivity contribution < 1.29 is 0 Å². The van der Waals surface area contributed by atoms with Crippen molar-refractivity contribution in [2.45, 2.75) is 13.3 Å². The monoisotopic (exact) mass is 184 g/mol. The fourth-order valence-electron chi connectivity index (χ4n) is 1.38. The third kappa shape index (κ3) is 2.46. The molecule has 0 heteroatoms. The molecule has 0 atom stereocenters. The molecule has 0 bridgehead atoms. The van der Waals surface area contributed by atoms with Crippen LogP contribution in [0.4, 0.5) is 0 Å². The van der Waals surface area contributed by atoms with Gasteiger partial charge in [0, 0.05) is 0 Å². The SMILES string of the molecule is C=C/C=C(\C=C)c1cccc(CC)c1.